The van der Waals surface area contributed by atoms with Crippen molar-refractivity contribution in [2.24, 2.45) is 4.99 Å². The van der Waals surface area contributed by atoms with Gasteiger partial charge in [0.15, 0.2) is 11.8 Å². The second kappa shape index (κ2) is 9.81. The van der Waals surface area contributed by atoms with Gasteiger partial charge in [0.25, 0.3) is 0 Å². The molecule has 0 amide bonds. The van der Waals surface area contributed by atoms with Crippen LogP contribution < -0.4 is 10.6 Å². The highest BCUT2D eigenvalue weighted by Crippen LogP contribution is 2.11. The van der Waals surface area contributed by atoms with Crippen LogP contribution in [0.1, 0.15) is 63.4 Å². The number of aryl methyl sites for hydroxylation is 1. The van der Waals surface area contributed by atoms with E-state index in [2.05, 4.69) is 65.6 Å². The lowest BCUT2D eigenvalue weighted by atomic mass is 10.1. The number of guanidine groups is 1. The lowest BCUT2D eigenvalue weighted by Gasteiger charge is -2.18. The Kier molecular flexibility index (Phi) is 7.44. The van der Waals surface area contributed by atoms with Gasteiger partial charge >= 0.3 is 0 Å². The average Bonchev–Trinajstić information content (AvgIpc) is 3.09. The quantitative estimate of drug-likeness (QED) is 0.436. The Morgan fingerprint density at radius 3 is 2.60 bits per heavy atom. The van der Waals surface area contributed by atoms with E-state index in [1.807, 2.05) is 18.2 Å². The predicted octanol–water partition coefficient (Wildman–Crippen LogP) is 3.44. The second-order valence-corrected chi connectivity index (χ2v) is 6.34. The Bertz CT molecular complexity index is 651. The highest BCUT2D eigenvalue weighted by molar-refractivity contribution is 5.80. The Hall–Kier alpha value is -2.37. The number of rotatable bonds is 8. The zero-order chi connectivity index (χ0) is 18.1. The van der Waals surface area contributed by atoms with Gasteiger partial charge in [-0.15, -0.1) is 0 Å². The summed E-state index contributed by atoms with van der Waals surface area (Å²) in [6.45, 7) is 9.84. The van der Waals surface area contributed by atoms with Crippen molar-refractivity contribution in [2.45, 2.75) is 52.5 Å². The van der Waals surface area contributed by atoms with Crippen LogP contribution in [0.2, 0.25) is 0 Å². The van der Waals surface area contributed by atoms with Gasteiger partial charge in [-0.05, 0) is 25.8 Å². The van der Waals surface area contributed by atoms with Gasteiger partial charge in [-0.25, -0.2) is 0 Å². The van der Waals surface area contributed by atoms with Crippen molar-refractivity contribution in [3.05, 3.63) is 47.6 Å². The van der Waals surface area contributed by atoms with Crippen molar-refractivity contribution in [2.75, 3.05) is 13.1 Å². The van der Waals surface area contributed by atoms with E-state index in [9.17, 15) is 0 Å². The number of aliphatic imine (C=N–C) groups is 1. The highest BCUT2D eigenvalue weighted by atomic mass is 16.5. The summed E-state index contributed by atoms with van der Waals surface area (Å²) in [7, 11) is 0. The van der Waals surface area contributed by atoms with Crippen LogP contribution in [0.3, 0.4) is 0 Å². The molecule has 0 aliphatic rings. The van der Waals surface area contributed by atoms with Gasteiger partial charge in [0, 0.05) is 25.4 Å². The predicted molar refractivity (Wildman–Crippen MR) is 101 cm³/mol. The molecule has 0 bridgehead atoms. The molecule has 0 spiro atoms. The van der Waals surface area contributed by atoms with Crippen molar-refractivity contribution >= 4 is 5.96 Å². The van der Waals surface area contributed by atoms with Crippen molar-refractivity contribution in [1.82, 2.24) is 20.8 Å². The smallest absolute Gasteiger partial charge is 0.226 e. The van der Waals surface area contributed by atoms with Crippen molar-refractivity contribution < 1.29 is 4.52 Å². The molecule has 6 nitrogen and oxygen atoms in total. The van der Waals surface area contributed by atoms with Crippen LogP contribution in [0, 0.1) is 0 Å². The van der Waals surface area contributed by atoms with Crippen LogP contribution in [0.4, 0.5) is 0 Å². The molecular weight excluding hydrogens is 314 g/mol. The Labute approximate surface area is 150 Å². The summed E-state index contributed by atoms with van der Waals surface area (Å²) in [5, 5.41) is 10.7. The van der Waals surface area contributed by atoms with Crippen LogP contribution in [-0.4, -0.2) is 29.2 Å². The summed E-state index contributed by atoms with van der Waals surface area (Å²) in [6, 6.07) is 10.5. The van der Waals surface area contributed by atoms with Crippen molar-refractivity contribution in [1.29, 1.82) is 0 Å². The lowest BCUT2D eigenvalue weighted by molar-refractivity contribution is 0.369. The monoisotopic (exact) mass is 343 g/mol. The first-order chi connectivity index (χ1) is 12.1. The Morgan fingerprint density at radius 1 is 1.20 bits per heavy atom. The lowest BCUT2D eigenvalue weighted by Crippen LogP contribution is -2.38. The van der Waals surface area contributed by atoms with Gasteiger partial charge in [-0.1, -0.05) is 49.3 Å². The van der Waals surface area contributed by atoms with E-state index in [0.717, 1.165) is 31.2 Å². The number of nitrogens with one attached hydrogen (secondary N) is 2. The standard InChI is InChI=1S/C19H29N5O/c1-5-20-19(22-15(4)16-10-7-6-8-11-16)21-13-9-12-17-23-18(14(2)3)24-25-17/h6-8,10-11,14-15H,5,9,12-13H2,1-4H3,(H2,20,21,22). The van der Waals surface area contributed by atoms with Crippen LogP contribution in [0.25, 0.3) is 0 Å². The van der Waals surface area contributed by atoms with Gasteiger partial charge in [0.05, 0.1) is 6.04 Å². The molecule has 0 aliphatic heterocycles. The summed E-state index contributed by atoms with van der Waals surface area (Å²) in [4.78, 5) is 9.03. The zero-order valence-electron chi connectivity index (χ0n) is 15.6. The molecule has 25 heavy (non-hydrogen) atoms. The largest absolute Gasteiger partial charge is 0.357 e. The Morgan fingerprint density at radius 2 is 1.96 bits per heavy atom. The van der Waals surface area contributed by atoms with Gasteiger partial charge in [-0.2, -0.15) is 4.98 Å². The molecule has 6 heteroatoms. The SMILES string of the molecule is CCNC(=NCCCc1nc(C(C)C)no1)NC(C)c1ccccc1. The first-order valence-electron chi connectivity index (χ1n) is 9.02. The van der Waals surface area contributed by atoms with Crippen LogP contribution in [0.15, 0.2) is 39.8 Å². The first kappa shape index (κ1) is 19.0. The Balaban J connectivity index is 1.84. The van der Waals surface area contributed by atoms with E-state index in [1.54, 1.807) is 0 Å². The minimum Gasteiger partial charge on any atom is -0.357 e. The molecule has 1 unspecified atom stereocenters. The molecular formula is C19H29N5O. The van der Waals surface area contributed by atoms with Crippen LogP contribution >= 0.6 is 0 Å². The van der Waals surface area contributed by atoms with E-state index in [4.69, 9.17) is 4.52 Å². The summed E-state index contributed by atoms with van der Waals surface area (Å²) in [6.07, 6.45) is 1.62. The molecule has 2 N–H and O–H groups in total. The van der Waals surface area contributed by atoms with Gasteiger partial charge < -0.3 is 15.2 Å². The number of aromatic nitrogens is 2. The molecule has 0 fully saturated rings. The molecule has 1 aromatic heterocycles. The summed E-state index contributed by atoms with van der Waals surface area (Å²) in [5.41, 5.74) is 1.24. The van der Waals surface area contributed by atoms with Gasteiger partial charge in [0.2, 0.25) is 5.89 Å². The molecule has 1 heterocycles. The van der Waals surface area contributed by atoms with Crippen LogP contribution in [-0.2, 0) is 6.42 Å². The summed E-state index contributed by atoms with van der Waals surface area (Å²) >= 11 is 0. The third-order valence-corrected chi connectivity index (χ3v) is 3.82. The van der Waals surface area contributed by atoms with E-state index >= 15 is 0 Å². The van der Waals surface area contributed by atoms with Crippen LogP contribution in [0.5, 0.6) is 0 Å². The van der Waals surface area contributed by atoms with Crippen molar-refractivity contribution in [3.8, 4) is 0 Å². The fourth-order valence-corrected chi connectivity index (χ4v) is 2.38. The third kappa shape index (κ3) is 6.21. The minimum atomic E-state index is 0.198. The van der Waals surface area contributed by atoms with Gasteiger partial charge in [-0.3, -0.25) is 4.99 Å². The fourth-order valence-electron chi connectivity index (χ4n) is 2.38. The van der Waals surface area contributed by atoms with E-state index < -0.39 is 0 Å². The number of hydrogen-bond acceptors (Lipinski definition) is 4. The number of hydrogen-bond donors (Lipinski definition) is 2. The minimum absolute atomic E-state index is 0.198. The molecule has 2 rings (SSSR count). The maximum Gasteiger partial charge on any atom is 0.226 e. The maximum absolute atomic E-state index is 5.26. The normalized spacial score (nSPS) is 13.1. The van der Waals surface area contributed by atoms with Gasteiger partial charge in [0.1, 0.15) is 0 Å². The molecule has 2 aromatic rings. The molecule has 1 aromatic carbocycles. The summed E-state index contributed by atoms with van der Waals surface area (Å²) < 4.78 is 5.26. The summed E-state index contributed by atoms with van der Waals surface area (Å²) in [5.74, 6) is 2.58. The van der Waals surface area contributed by atoms with E-state index in [0.29, 0.717) is 18.4 Å². The van der Waals surface area contributed by atoms with E-state index in [1.165, 1.54) is 5.56 Å². The topological polar surface area (TPSA) is 75.3 Å². The molecule has 0 radical (unpaired) electrons. The number of nitrogens with zero attached hydrogens (tertiary/aromatic N) is 3. The second-order valence-electron chi connectivity index (χ2n) is 6.34. The molecule has 0 aliphatic carbocycles. The average molecular weight is 343 g/mol. The van der Waals surface area contributed by atoms with Crippen molar-refractivity contribution in [3.63, 3.8) is 0 Å². The highest BCUT2D eigenvalue weighted by Gasteiger charge is 2.09. The number of benzene rings is 1. The zero-order valence-corrected chi connectivity index (χ0v) is 15.6. The van der Waals surface area contributed by atoms with E-state index in [-0.39, 0.29) is 6.04 Å². The molecule has 1 atom stereocenters. The third-order valence-electron chi connectivity index (χ3n) is 3.82. The first-order valence-corrected chi connectivity index (χ1v) is 9.02. The molecule has 136 valence electrons. The molecule has 0 saturated carbocycles. The fraction of sp³-hybridized carbons (Fsp3) is 0.526. The maximum atomic E-state index is 5.26. The molecule has 0 saturated heterocycles.